The van der Waals surface area contributed by atoms with Crippen molar-refractivity contribution in [3.63, 3.8) is 0 Å². The third kappa shape index (κ3) is 3.50. The standard InChI is InChI=1S/C25H27N7O5/c33-20-18(26-14-16-5-13-37-21(16)20)23(34)30-9-7-29(8-10-30)19-17-2-1-6-31(17)25-27-22(28-32(25)24(19)35)15-3-11-36-12-4-15/h3,14,33H,1-2,4-13H2. The van der Waals surface area contributed by atoms with Gasteiger partial charge in [0.1, 0.15) is 5.69 Å². The van der Waals surface area contributed by atoms with Crippen molar-refractivity contribution in [1.29, 1.82) is 0 Å². The molecule has 1 amide bonds. The number of nitrogens with zero attached hydrogens (tertiary/aromatic N) is 7. The van der Waals surface area contributed by atoms with Crippen molar-refractivity contribution in [3.8, 4) is 11.5 Å². The SMILES string of the molecule is O=C(c1ncc2c(c1O)OCC2)N1CCN(c2c3n(c4nc(C5=CCOCC5)nn4c2=O)CCC3)CC1. The lowest BCUT2D eigenvalue weighted by molar-refractivity contribution is 0.0736. The highest BCUT2D eigenvalue weighted by Crippen LogP contribution is 2.37. The van der Waals surface area contributed by atoms with Gasteiger partial charge in [-0.25, -0.2) is 4.98 Å². The van der Waals surface area contributed by atoms with Gasteiger partial charge in [0, 0.05) is 50.9 Å². The Kier molecular flexibility index (Phi) is 5.17. The molecule has 0 radical (unpaired) electrons. The Morgan fingerprint density at radius 2 is 1.92 bits per heavy atom. The summed E-state index contributed by atoms with van der Waals surface area (Å²) in [6.07, 6.45) is 6.72. The summed E-state index contributed by atoms with van der Waals surface area (Å²) in [6, 6.07) is 0. The minimum absolute atomic E-state index is 0.00837. The Morgan fingerprint density at radius 1 is 1.05 bits per heavy atom. The summed E-state index contributed by atoms with van der Waals surface area (Å²) in [6.45, 7) is 4.21. The van der Waals surface area contributed by atoms with Crippen LogP contribution in [0.15, 0.2) is 17.1 Å². The molecule has 37 heavy (non-hydrogen) atoms. The van der Waals surface area contributed by atoms with E-state index in [1.807, 2.05) is 6.08 Å². The number of carbonyl (C=O) groups excluding carboxylic acids is 1. The summed E-state index contributed by atoms with van der Waals surface area (Å²) < 4.78 is 14.4. The normalized spacial score (nSPS) is 19.1. The third-order valence-electron chi connectivity index (χ3n) is 7.66. The van der Waals surface area contributed by atoms with Gasteiger partial charge in [-0.1, -0.05) is 6.08 Å². The van der Waals surface area contributed by atoms with Crippen LogP contribution < -0.4 is 15.2 Å². The predicted octanol–water partition coefficient (Wildman–Crippen LogP) is 0.639. The second-order valence-electron chi connectivity index (χ2n) is 9.74. The first-order valence-corrected chi connectivity index (χ1v) is 12.8. The number of rotatable bonds is 3. The van der Waals surface area contributed by atoms with Crippen LogP contribution in [0.3, 0.4) is 0 Å². The number of aryl methyl sites for hydroxylation is 1. The molecule has 0 aliphatic carbocycles. The van der Waals surface area contributed by atoms with E-state index in [2.05, 4.69) is 19.5 Å². The van der Waals surface area contributed by atoms with Crippen molar-refractivity contribution >= 4 is 22.9 Å². The fourth-order valence-corrected chi connectivity index (χ4v) is 5.73. The number of piperazine rings is 1. The van der Waals surface area contributed by atoms with Crippen LogP contribution in [0.2, 0.25) is 0 Å². The first kappa shape index (κ1) is 22.3. The lowest BCUT2D eigenvalue weighted by Gasteiger charge is -2.36. The third-order valence-corrected chi connectivity index (χ3v) is 7.66. The van der Waals surface area contributed by atoms with E-state index in [9.17, 15) is 14.7 Å². The van der Waals surface area contributed by atoms with E-state index in [4.69, 9.17) is 14.5 Å². The van der Waals surface area contributed by atoms with E-state index >= 15 is 0 Å². The molecule has 7 heterocycles. The van der Waals surface area contributed by atoms with Crippen LogP contribution in [-0.2, 0) is 24.1 Å². The van der Waals surface area contributed by atoms with Gasteiger partial charge < -0.3 is 28.9 Å². The second-order valence-corrected chi connectivity index (χ2v) is 9.74. The van der Waals surface area contributed by atoms with Crippen LogP contribution in [0.5, 0.6) is 11.5 Å². The van der Waals surface area contributed by atoms with E-state index in [0.717, 1.165) is 42.6 Å². The highest BCUT2D eigenvalue weighted by atomic mass is 16.5. The molecular formula is C25H27N7O5. The average Bonchev–Trinajstić information content (AvgIpc) is 3.69. The van der Waals surface area contributed by atoms with Gasteiger partial charge >= 0.3 is 0 Å². The monoisotopic (exact) mass is 505 g/mol. The Bertz CT molecular complexity index is 1520. The Hall–Kier alpha value is -3.93. The molecule has 0 atom stereocenters. The van der Waals surface area contributed by atoms with Gasteiger partial charge in [-0.05, 0) is 24.8 Å². The molecule has 0 spiro atoms. The van der Waals surface area contributed by atoms with Crippen LogP contribution in [0.4, 0.5) is 5.69 Å². The summed E-state index contributed by atoms with van der Waals surface area (Å²) in [5, 5.41) is 15.2. The molecule has 12 heteroatoms. The zero-order chi connectivity index (χ0) is 25.1. The van der Waals surface area contributed by atoms with E-state index in [1.54, 1.807) is 11.1 Å². The number of anilines is 1. The van der Waals surface area contributed by atoms with Crippen molar-refractivity contribution in [3.05, 3.63) is 45.4 Å². The first-order chi connectivity index (χ1) is 18.1. The van der Waals surface area contributed by atoms with Crippen molar-refractivity contribution in [2.75, 3.05) is 50.9 Å². The molecule has 0 bridgehead atoms. The van der Waals surface area contributed by atoms with E-state index in [1.165, 1.54) is 4.52 Å². The molecule has 3 aromatic rings. The summed E-state index contributed by atoms with van der Waals surface area (Å²) >= 11 is 0. The summed E-state index contributed by atoms with van der Waals surface area (Å²) in [4.78, 5) is 39.5. The van der Waals surface area contributed by atoms with Gasteiger partial charge in [0.05, 0.1) is 25.5 Å². The average molecular weight is 506 g/mol. The molecule has 7 rings (SSSR count). The maximum Gasteiger partial charge on any atom is 0.299 e. The van der Waals surface area contributed by atoms with Gasteiger partial charge in [-0.2, -0.15) is 9.50 Å². The molecule has 4 aliphatic rings. The number of ether oxygens (including phenoxy) is 2. The number of aromatic hydroxyl groups is 1. The van der Waals surface area contributed by atoms with Crippen LogP contribution >= 0.6 is 0 Å². The number of hydrogen-bond donors (Lipinski definition) is 1. The van der Waals surface area contributed by atoms with Crippen molar-refractivity contribution in [2.45, 2.75) is 32.2 Å². The second kappa shape index (κ2) is 8.58. The number of aromatic nitrogens is 5. The molecule has 0 unspecified atom stereocenters. The van der Waals surface area contributed by atoms with Gasteiger partial charge in [-0.15, -0.1) is 5.10 Å². The lowest BCUT2D eigenvalue weighted by Crippen LogP contribution is -2.50. The highest BCUT2D eigenvalue weighted by molar-refractivity contribution is 5.96. The molecule has 0 saturated carbocycles. The van der Waals surface area contributed by atoms with E-state index < -0.39 is 0 Å². The summed E-state index contributed by atoms with van der Waals surface area (Å²) in [7, 11) is 0. The minimum atomic E-state index is -0.335. The van der Waals surface area contributed by atoms with Crippen LogP contribution in [0, 0.1) is 0 Å². The fraction of sp³-hybridized carbons (Fsp3) is 0.480. The summed E-state index contributed by atoms with van der Waals surface area (Å²) in [5.41, 5.74) is 3.27. The maximum atomic E-state index is 13.7. The zero-order valence-corrected chi connectivity index (χ0v) is 20.4. The maximum absolute atomic E-state index is 13.7. The molecule has 4 aliphatic heterocycles. The largest absolute Gasteiger partial charge is 0.503 e. The van der Waals surface area contributed by atoms with Crippen LogP contribution in [-0.4, -0.2) is 86.1 Å². The molecular weight excluding hydrogens is 478 g/mol. The fourth-order valence-electron chi connectivity index (χ4n) is 5.73. The minimum Gasteiger partial charge on any atom is -0.503 e. The number of amides is 1. The Balaban J connectivity index is 1.17. The highest BCUT2D eigenvalue weighted by Gasteiger charge is 2.32. The van der Waals surface area contributed by atoms with Gasteiger partial charge in [0.2, 0.25) is 5.78 Å². The number of pyridine rings is 1. The van der Waals surface area contributed by atoms with Crippen molar-refractivity contribution < 1.29 is 19.4 Å². The van der Waals surface area contributed by atoms with Crippen molar-refractivity contribution in [1.82, 2.24) is 29.0 Å². The molecule has 1 N–H and O–H groups in total. The molecule has 1 saturated heterocycles. The van der Waals surface area contributed by atoms with Gasteiger partial charge in [-0.3, -0.25) is 9.59 Å². The first-order valence-electron chi connectivity index (χ1n) is 12.8. The smallest absolute Gasteiger partial charge is 0.299 e. The predicted molar refractivity (Wildman–Crippen MR) is 132 cm³/mol. The van der Waals surface area contributed by atoms with Crippen LogP contribution in [0.25, 0.3) is 11.4 Å². The van der Waals surface area contributed by atoms with Crippen molar-refractivity contribution in [2.24, 2.45) is 0 Å². The quantitative estimate of drug-likeness (QED) is 0.545. The molecule has 3 aromatic heterocycles. The van der Waals surface area contributed by atoms with E-state index in [0.29, 0.717) is 75.5 Å². The topological polar surface area (TPSA) is 127 Å². The lowest BCUT2D eigenvalue weighted by atomic mass is 10.1. The Labute approximate surface area is 211 Å². The molecule has 12 nitrogen and oxygen atoms in total. The Morgan fingerprint density at radius 3 is 2.73 bits per heavy atom. The number of fused-ring (bicyclic) bond motifs is 4. The zero-order valence-electron chi connectivity index (χ0n) is 20.4. The molecule has 0 aromatic carbocycles. The molecule has 1 fully saturated rings. The molecule has 192 valence electrons. The number of carbonyl (C=O) groups is 1. The summed E-state index contributed by atoms with van der Waals surface area (Å²) in [5.74, 6) is 1.000. The van der Waals surface area contributed by atoms with E-state index in [-0.39, 0.29) is 22.9 Å². The number of hydrogen-bond acceptors (Lipinski definition) is 9. The van der Waals surface area contributed by atoms with Gasteiger partial charge in [0.25, 0.3) is 11.5 Å². The van der Waals surface area contributed by atoms with Crippen LogP contribution in [0.1, 0.15) is 40.4 Å². The van der Waals surface area contributed by atoms with Gasteiger partial charge in [0.15, 0.2) is 23.0 Å².